The van der Waals surface area contributed by atoms with E-state index in [9.17, 15) is 9.59 Å². The molecule has 28 heavy (non-hydrogen) atoms. The van der Waals surface area contributed by atoms with E-state index >= 15 is 0 Å². The highest BCUT2D eigenvalue weighted by molar-refractivity contribution is 6.03. The lowest BCUT2D eigenvalue weighted by molar-refractivity contribution is -0.134. The summed E-state index contributed by atoms with van der Waals surface area (Å²) in [6.07, 6.45) is 1.30. The number of nitrogens with zero attached hydrogens (tertiary/aromatic N) is 3. The second kappa shape index (κ2) is 7.21. The first-order valence-electron chi connectivity index (χ1n) is 15.2. The maximum atomic E-state index is 13.6. The van der Waals surface area contributed by atoms with Crippen LogP contribution in [0.3, 0.4) is 0 Å². The Hall–Kier alpha value is -2.40. The van der Waals surface area contributed by atoms with Gasteiger partial charge >= 0.3 is 0 Å². The van der Waals surface area contributed by atoms with Crippen molar-refractivity contribution in [3.8, 4) is 0 Å². The average Bonchev–Trinajstić information content (AvgIpc) is 3.10. The summed E-state index contributed by atoms with van der Waals surface area (Å²) in [5.41, 5.74) is 1.06. The minimum atomic E-state index is -2.73. The molecule has 0 fully saturated rings. The van der Waals surface area contributed by atoms with Crippen LogP contribution in [0.2, 0.25) is 0 Å². The lowest BCUT2D eigenvalue weighted by atomic mass is 9.79. The smallest absolute Gasteiger partial charge is 0.230 e. The fraction of sp³-hybridized carbons (Fsp3) is 0.478. The van der Waals surface area contributed by atoms with Gasteiger partial charge in [0.25, 0.3) is 0 Å². The van der Waals surface area contributed by atoms with Crippen molar-refractivity contribution in [1.82, 2.24) is 14.4 Å². The largest absolute Gasteiger partial charge is 0.343 e. The monoisotopic (exact) mass is 391 g/mol. The van der Waals surface area contributed by atoms with E-state index in [4.69, 9.17) is 16.4 Å². The van der Waals surface area contributed by atoms with Gasteiger partial charge in [0.15, 0.2) is 0 Å². The van der Waals surface area contributed by atoms with Crippen LogP contribution in [-0.2, 0) is 11.2 Å². The van der Waals surface area contributed by atoms with E-state index in [2.05, 4.69) is 0 Å². The third-order valence-electron chi connectivity index (χ3n) is 5.47. The molecule has 2 aliphatic rings. The van der Waals surface area contributed by atoms with Crippen molar-refractivity contribution in [2.75, 3.05) is 26.6 Å². The number of rotatable bonds is 4. The van der Waals surface area contributed by atoms with E-state index < -0.39 is 57.5 Å². The molecule has 2 atom stereocenters. The predicted molar refractivity (Wildman–Crippen MR) is 112 cm³/mol. The quantitative estimate of drug-likeness (QED) is 0.802. The van der Waals surface area contributed by atoms with Crippen molar-refractivity contribution in [2.45, 2.75) is 39.5 Å². The van der Waals surface area contributed by atoms with Gasteiger partial charge in [-0.05, 0) is 49.8 Å². The van der Waals surface area contributed by atoms with Crippen molar-refractivity contribution in [1.29, 1.82) is 0 Å². The second-order valence-electron chi connectivity index (χ2n) is 7.02. The summed E-state index contributed by atoms with van der Waals surface area (Å²) in [4.78, 5) is 28.2. The van der Waals surface area contributed by atoms with Crippen LogP contribution in [0, 0.1) is 5.92 Å². The lowest BCUT2D eigenvalue weighted by Gasteiger charge is -2.40. The number of aromatic nitrogens is 1. The van der Waals surface area contributed by atoms with E-state index in [0.29, 0.717) is 27.0 Å². The van der Waals surface area contributed by atoms with Gasteiger partial charge in [0, 0.05) is 56.0 Å². The SMILES string of the molecule is [2H]c1cc2c3c(c([2H])n(C(=O)CC)c3c1[2H])C[C@@H]1C2=C[C@@H](C(=O)N(CC([2H])([2H])[2H])CC([2H])([2H])[2H])CN1C([2H])([2H])[2H]. The molecule has 148 valence electrons. The van der Waals surface area contributed by atoms with Crippen molar-refractivity contribution in [3.05, 3.63) is 41.5 Å². The lowest BCUT2D eigenvalue weighted by Crippen LogP contribution is -2.47. The Morgan fingerprint density at radius 2 is 2.18 bits per heavy atom. The first kappa shape index (κ1) is 9.40. The molecule has 2 heterocycles. The van der Waals surface area contributed by atoms with Crippen LogP contribution in [0.25, 0.3) is 16.5 Å². The molecule has 0 unspecified atom stereocenters. The van der Waals surface area contributed by atoms with Crippen LogP contribution in [0.1, 0.15) is 59.4 Å². The third-order valence-corrected chi connectivity index (χ3v) is 5.47. The van der Waals surface area contributed by atoms with Crippen LogP contribution >= 0.6 is 0 Å². The van der Waals surface area contributed by atoms with Crippen LogP contribution in [0.4, 0.5) is 0 Å². The molecule has 1 aromatic carbocycles. The Kier molecular flexibility index (Phi) is 2.42. The predicted octanol–water partition coefficient (Wildman–Crippen LogP) is 3.43. The van der Waals surface area contributed by atoms with E-state index in [1.165, 1.54) is 12.1 Å². The number of carbonyl (C=O) groups excluding carboxylic acids is 2. The van der Waals surface area contributed by atoms with Gasteiger partial charge in [-0.15, -0.1) is 0 Å². The Labute approximate surface area is 183 Å². The van der Waals surface area contributed by atoms with Crippen molar-refractivity contribution in [3.63, 3.8) is 0 Å². The number of amides is 1. The highest BCUT2D eigenvalue weighted by atomic mass is 16.2. The Balaban J connectivity index is 1.94. The van der Waals surface area contributed by atoms with Gasteiger partial charge < -0.3 is 4.90 Å². The van der Waals surface area contributed by atoms with Gasteiger partial charge in [-0.1, -0.05) is 25.1 Å². The van der Waals surface area contributed by atoms with Gasteiger partial charge in [-0.2, -0.15) is 0 Å². The molecule has 1 amide bonds. The summed E-state index contributed by atoms with van der Waals surface area (Å²) in [7, 11) is 0. The Morgan fingerprint density at radius 1 is 1.36 bits per heavy atom. The van der Waals surface area contributed by atoms with Crippen LogP contribution in [-0.4, -0.2) is 58.8 Å². The molecule has 0 spiro atoms. The van der Waals surface area contributed by atoms with E-state index in [1.54, 1.807) is 6.92 Å². The molecule has 5 nitrogen and oxygen atoms in total. The number of carbonyl (C=O) groups is 2. The normalized spacial score (nSPS) is 29.0. The highest BCUT2D eigenvalue weighted by Crippen LogP contribution is 2.41. The summed E-state index contributed by atoms with van der Waals surface area (Å²) >= 11 is 0. The second-order valence-corrected chi connectivity index (χ2v) is 7.02. The van der Waals surface area contributed by atoms with Gasteiger partial charge in [0.2, 0.25) is 11.8 Å². The van der Waals surface area contributed by atoms with Crippen LogP contribution < -0.4 is 0 Å². The summed E-state index contributed by atoms with van der Waals surface area (Å²) in [5.74, 6) is -2.55. The van der Waals surface area contributed by atoms with Gasteiger partial charge in [-0.3, -0.25) is 19.1 Å². The van der Waals surface area contributed by atoms with Crippen molar-refractivity contribution >= 4 is 28.3 Å². The van der Waals surface area contributed by atoms with Gasteiger partial charge in [-0.25, -0.2) is 0 Å². The van der Waals surface area contributed by atoms with Crippen molar-refractivity contribution < 1.29 is 26.0 Å². The van der Waals surface area contributed by atoms with Crippen LogP contribution in [0.15, 0.2) is 30.4 Å². The molecule has 1 aliphatic heterocycles. The minimum absolute atomic E-state index is 0.0114. The molecule has 0 bridgehead atoms. The summed E-state index contributed by atoms with van der Waals surface area (Å²) < 4.78 is 96.8. The molecular formula is C23H29N3O2. The number of hydrogen-bond acceptors (Lipinski definition) is 3. The van der Waals surface area contributed by atoms with Crippen LogP contribution in [0.5, 0.6) is 0 Å². The third kappa shape index (κ3) is 2.80. The number of hydrogen-bond donors (Lipinski definition) is 0. The first-order chi connectivity index (χ1) is 18.2. The Morgan fingerprint density at radius 3 is 2.89 bits per heavy atom. The fourth-order valence-electron chi connectivity index (χ4n) is 4.05. The summed E-state index contributed by atoms with van der Waals surface area (Å²) in [6, 6.07) is -0.0614. The highest BCUT2D eigenvalue weighted by Gasteiger charge is 2.37. The topological polar surface area (TPSA) is 45.6 Å². The number of benzene rings is 1. The molecule has 4 rings (SSSR count). The molecule has 0 N–H and O–H groups in total. The first-order valence-corrected chi connectivity index (χ1v) is 9.20. The summed E-state index contributed by atoms with van der Waals surface area (Å²) in [6.45, 7) is -8.52. The molecule has 0 saturated heterocycles. The molecule has 2 aromatic rings. The maximum Gasteiger partial charge on any atom is 0.230 e. The molecule has 1 aromatic heterocycles. The van der Waals surface area contributed by atoms with E-state index in [0.717, 1.165) is 9.47 Å². The van der Waals surface area contributed by atoms with E-state index in [-0.39, 0.29) is 43.2 Å². The molecule has 0 radical (unpaired) electrons. The Bertz CT molecular complexity index is 1390. The minimum Gasteiger partial charge on any atom is -0.343 e. The average molecular weight is 392 g/mol. The molecule has 1 aliphatic carbocycles. The van der Waals surface area contributed by atoms with Crippen molar-refractivity contribution in [2.24, 2.45) is 5.92 Å². The zero-order valence-electron chi connectivity index (χ0n) is 27.5. The van der Waals surface area contributed by atoms with E-state index in [1.807, 2.05) is 0 Å². The molecular weight excluding hydrogens is 350 g/mol. The standard InChI is InChI=1S/C23H29N3O2/c1-5-21(27)26-14-15-12-20-18(17-9-8-10-19(26)22(15)17)11-16(13-24(20)4)23(28)25(6-2)7-3/h8-11,14,16,20H,5-7,12-13H2,1-4H3/t16-,20-/m1/s1/i2D3,3D3,4D3,8D,10D,14D. The molecule has 0 saturated carbocycles. The van der Waals surface area contributed by atoms with Gasteiger partial charge in [0.05, 0.1) is 15.5 Å². The number of likely N-dealkylation sites (N-methyl/N-ethyl adjacent to an activating group) is 1. The zero-order valence-corrected chi connectivity index (χ0v) is 15.5. The zero-order chi connectivity index (χ0) is 30.1. The fourth-order valence-corrected chi connectivity index (χ4v) is 4.05. The van der Waals surface area contributed by atoms with Gasteiger partial charge in [0.1, 0.15) is 0 Å². The molecule has 5 heteroatoms. The summed E-state index contributed by atoms with van der Waals surface area (Å²) in [5, 5.41) is 0.357. The number of fused-ring (bicyclic) bond motifs is 2. The maximum absolute atomic E-state index is 13.6.